The minimum absolute atomic E-state index is 0.0558. The van der Waals surface area contributed by atoms with E-state index in [1.807, 2.05) is 72.2 Å². The lowest BCUT2D eigenvalue weighted by atomic mass is 10.1. The van der Waals surface area contributed by atoms with Crippen LogP contribution in [-0.4, -0.2) is 24.6 Å². The van der Waals surface area contributed by atoms with Crippen molar-refractivity contribution in [1.82, 2.24) is 19.5 Å². The topological polar surface area (TPSA) is 96.9 Å². The van der Waals surface area contributed by atoms with Gasteiger partial charge in [-0.2, -0.15) is 0 Å². The van der Waals surface area contributed by atoms with Gasteiger partial charge >= 0.3 is 0 Å². The first-order valence-corrected chi connectivity index (χ1v) is 10.1. The van der Waals surface area contributed by atoms with Crippen LogP contribution in [0, 0.1) is 13.8 Å². The van der Waals surface area contributed by atoms with Crippen LogP contribution in [0.1, 0.15) is 11.5 Å². The van der Waals surface area contributed by atoms with E-state index in [9.17, 15) is 9.90 Å². The number of aromatic amines is 1. The highest BCUT2D eigenvalue weighted by molar-refractivity contribution is 5.81. The minimum atomic E-state index is -0.508. The van der Waals surface area contributed by atoms with Crippen LogP contribution in [0.2, 0.25) is 0 Å². The largest absolute Gasteiger partial charge is 0.501 e. The van der Waals surface area contributed by atoms with Crippen LogP contribution < -0.4 is 5.43 Å². The van der Waals surface area contributed by atoms with E-state index in [0.717, 1.165) is 22.8 Å². The summed E-state index contributed by atoms with van der Waals surface area (Å²) in [6.45, 7) is 3.66. The molecule has 0 saturated heterocycles. The van der Waals surface area contributed by atoms with Crippen LogP contribution >= 0.6 is 0 Å². The molecule has 0 aliphatic heterocycles. The van der Waals surface area contributed by atoms with Crippen LogP contribution in [0.15, 0.2) is 82.1 Å². The lowest BCUT2D eigenvalue weighted by Gasteiger charge is -2.09. The molecule has 0 unspecified atom stereocenters. The van der Waals surface area contributed by atoms with Crippen LogP contribution in [0.25, 0.3) is 40.0 Å². The summed E-state index contributed by atoms with van der Waals surface area (Å²) >= 11 is 0. The number of hydrogen-bond donors (Lipinski definition) is 2. The predicted octanol–water partition coefficient (Wildman–Crippen LogP) is 4.87. The molecule has 5 aromatic rings. The number of H-pyrrole nitrogens is 1. The van der Waals surface area contributed by atoms with E-state index in [1.165, 1.54) is 6.07 Å². The van der Waals surface area contributed by atoms with Gasteiger partial charge in [0.05, 0.1) is 5.69 Å². The SMILES string of the molecule is Cc1cc(=O)c(O)c(-c2[nH]c(-c3ccc(C)n3-c3ccccn3)nc2-c2ccccc2)o1. The molecule has 5 rings (SSSR count). The molecular weight excluding hydrogens is 404 g/mol. The average molecular weight is 424 g/mol. The lowest BCUT2D eigenvalue weighted by Crippen LogP contribution is -2.02. The second kappa shape index (κ2) is 7.70. The summed E-state index contributed by atoms with van der Waals surface area (Å²) in [5.74, 6) is 1.31. The maximum Gasteiger partial charge on any atom is 0.227 e. The Morgan fingerprint density at radius 2 is 1.78 bits per heavy atom. The summed E-state index contributed by atoms with van der Waals surface area (Å²) in [5.41, 5.74) is 3.09. The molecule has 1 aromatic carbocycles. The number of pyridine rings is 1. The number of aryl methyl sites for hydroxylation is 2. The fourth-order valence-corrected chi connectivity index (χ4v) is 3.75. The standard InChI is InChI=1S/C25H20N4O3/c1-15-11-12-18(29(15)20-10-6-7-13-26-20)25-27-21(17-8-4-3-5-9-17)22(28-25)24-23(31)19(30)14-16(2)32-24/h3-14,31H,1-2H3,(H,27,28). The first kappa shape index (κ1) is 19.6. The highest BCUT2D eigenvalue weighted by Crippen LogP contribution is 2.37. The molecule has 4 heterocycles. The Bertz CT molecular complexity index is 1460. The van der Waals surface area contributed by atoms with Gasteiger partial charge in [0.15, 0.2) is 11.6 Å². The number of nitrogens with zero attached hydrogens (tertiary/aromatic N) is 3. The van der Waals surface area contributed by atoms with E-state index in [4.69, 9.17) is 9.40 Å². The first-order chi connectivity index (χ1) is 15.5. The Labute approximate surface area is 183 Å². The molecule has 32 heavy (non-hydrogen) atoms. The van der Waals surface area contributed by atoms with Crippen molar-refractivity contribution >= 4 is 0 Å². The summed E-state index contributed by atoms with van der Waals surface area (Å²) in [4.78, 5) is 24.8. The molecule has 0 amide bonds. The zero-order valence-electron chi connectivity index (χ0n) is 17.5. The van der Waals surface area contributed by atoms with E-state index in [-0.39, 0.29) is 5.76 Å². The normalized spacial score (nSPS) is 11.1. The second-order valence-corrected chi connectivity index (χ2v) is 7.46. The number of aromatic hydroxyl groups is 1. The molecule has 0 aliphatic rings. The Morgan fingerprint density at radius 1 is 1.00 bits per heavy atom. The van der Waals surface area contributed by atoms with Gasteiger partial charge in [0.25, 0.3) is 0 Å². The van der Waals surface area contributed by atoms with Gasteiger partial charge in [0, 0.05) is 23.5 Å². The third-order valence-electron chi connectivity index (χ3n) is 5.22. The molecule has 0 bridgehead atoms. The fraction of sp³-hybridized carbons (Fsp3) is 0.0800. The average Bonchev–Trinajstić information content (AvgIpc) is 3.41. The highest BCUT2D eigenvalue weighted by Gasteiger charge is 2.23. The Balaban J connectivity index is 1.77. The predicted molar refractivity (Wildman–Crippen MR) is 122 cm³/mol. The van der Waals surface area contributed by atoms with Gasteiger partial charge in [-0.3, -0.25) is 9.36 Å². The van der Waals surface area contributed by atoms with E-state index in [2.05, 4.69) is 9.97 Å². The molecule has 0 saturated carbocycles. The van der Waals surface area contributed by atoms with Crippen molar-refractivity contribution in [2.75, 3.05) is 0 Å². The van der Waals surface area contributed by atoms with Crippen molar-refractivity contribution in [2.24, 2.45) is 0 Å². The number of benzene rings is 1. The minimum Gasteiger partial charge on any atom is -0.501 e. The summed E-state index contributed by atoms with van der Waals surface area (Å²) in [6.07, 6.45) is 1.74. The van der Waals surface area contributed by atoms with Crippen LogP contribution in [-0.2, 0) is 0 Å². The van der Waals surface area contributed by atoms with Gasteiger partial charge < -0.3 is 14.5 Å². The molecule has 0 spiro atoms. The second-order valence-electron chi connectivity index (χ2n) is 7.46. The Morgan fingerprint density at radius 3 is 2.53 bits per heavy atom. The van der Waals surface area contributed by atoms with Crippen molar-refractivity contribution in [3.8, 4) is 45.8 Å². The van der Waals surface area contributed by atoms with Crippen molar-refractivity contribution in [3.63, 3.8) is 0 Å². The molecular formula is C25H20N4O3. The maximum atomic E-state index is 12.2. The Hall–Kier alpha value is -4.39. The van der Waals surface area contributed by atoms with Crippen molar-refractivity contribution in [1.29, 1.82) is 0 Å². The van der Waals surface area contributed by atoms with Gasteiger partial charge in [-0.15, -0.1) is 0 Å². The number of hydrogen-bond acceptors (Lipinski definition) is 5. The third-order valence-corrected chi connectivity index (χ3v) is 5.22. The smallest absolute Gasteiger partial charge is 0.227 e. The number of imidazole rings is 1. The molecule has 0 radical (unpaired) electrons. The van der Waals surface area contributed by atoms with Crippen LogP contribution in [0.5, 0.6) is 5.75 Å². The van der Waals surface area contributed by atoms with E-state index >= 15 is 0 Å². The first-order valence-electron chi connectivity index (χ1n) is 10.1. The molecule has 0 aliphatic carbocycles. The highest BCUT2D eigenvalue weighted by atomic mass is 16.4. The number of rotatable bonds is 4. The number of aromatic nitrogens is 4. The molecule has 4 aromatic heterocycles. The van der Waals surface area contributed by atoms with Gasteiger partial charge in [-0.25, -0.2) is 9.97 Å². The van der Waals surface area contributed by atoms with E-state index in [0.29, 0.717) is 23.0 Å². The monoisotopic (exact) mass is 424 g/mol. The molecule has 2 N–H and O–H groups in total. The van der Waals surface area contributed by atoms with E-state index < -0.39 is 11.2 Å². The summed E-state index contributed by atoms with van der Waals surface area (Å²) < 4.78 is 7.76. The third kappa shape index (κ3) is 3.30. The molecule has 158 valence electrons. The van der Waals surface area contributed by atoms with Crippen molar-refractivity contribution < 1.29 is 9.52 Å². The molecule has 0 atom stereocenters. The van der Waals surface area contributed by atoms with Gasteiger partial charge in [0.2, 0.25) is 11.2 Å². The lowest BCUT2D eigenvalue weighted by molar-refractivity contribution is 0.429. The molecule has 7 nitrogen and oxygen atoms in total. The summed E-state index contributed by atoms with van der Waals surface area (Å²) in [5, 5.41) is 10.5. The summed E-state index contributed by atoms with van der Waals surface area (Å²) in [6, 6.07) is 20.5. The Kier molecular flexibility index (Phi) is 4.71. The maximum absolute atomic E-state index is 12.2. The molecule has 0 fully saturated rings. The fourth-order valence-electron chi connectivity index (χ4n) is 3.75. The van der Waals surface area contributed by atoms with Gasteiger partial charge in [0.1, 0.15) is 23.0 Å². The zero-order chi connectivity index (χ0) is 22.2. The van der Waals surface area contributed by atoms with Crippen molar-refractivity contribution in [3.05, 3.63) is 94.6 Å². The van der Waals surface area contributed by atoms with Crippen molar-refractivity contribution in [2.45, 2.75) is 13.8 Å². The van der Waals surface area contributed by atoms with Crippen LogP contribution in [0.3, 0.4) is 0 Å². The van der Waals surface area contributed by atoms with E-state index in [1.54, 1.807) is 13.1 Å². The quantitative estimate of drug-likeness (QED) is 0.429. The number of nitrogens with one attached hydrogen (secondary N) is 1. The summed E-state index contributed by atoms with van der Waals surface area (Å²) in [7, 11) is 0. The zero-order valence-corrected chi connectivity index (χ0v) is 17.5. The van der Waals surface area contributed by atoms with Gasteiger partial charge in [-0.1, -0.05) is 36.4 Å². The molecule has 7 heteroatoms. The van der Waals surface area contributed by atoms with Crippen LogP contribution in [0.4, 0.5) is 0 Å². The van der Waals surface area contributed by atoms with Gasteiger partial charge in [-0.05, 0) is 38.1 Å².